The number of esters is 1. The smallest absolute Gasteiger partial charge is 0.342 e. The van der Waals surface area contributed by atoms with E-state index < -0.39 is 27.2 Å². The van der Waals surface area contributed by atoms with Gasteiger partial charge in [0.15, 0.2) is 9.84 Å². The monoisotopic (exact) mass is 481 g/mol. The van der Waals surface area contributed by atoms with Crippen LogP contribution in [-0.4, -0.2) is 32.0 Å². The van der Waals surface area contributed by atoms with Crippen molar-refractivity contribution in [2.45, 2.75) is 17.8 Å². The first-order chi connectivity index (χ1) is 16.2. The van der Waals surface area contributed by atoms with Crippen molar-refractivity contribution < 1.29 is 32.6 Å². The molecule has 0 saturated carbocycles. The summed E-state index contributed by atoms with van der Waals surface area (Å²) in [6.07, 6.45) is -0.0149. The molecule has 3 aromatic carbocycles. The maximum Gasteiger partial charge on any atom is 0.342 e. The maximum absolute atomic E-state index is 12.9. The van der Waals surface area contributed by atoms with Crippen molar-refractivity contribution in [3.8, 4) is 5.75 Å². The Hall–Kier alpha value is -4.18. The van der Waals surface area contributed by atoms with E-state index in [4.69, 9.17) is 9.47 Å². The van der Waals surface area contributed by atoms with Gasteiger partial charge >= 0.3 is 5.97 Å². The van der Waals surface area contributed by atoms with E-state index in [1.807, 2.05) is 6.07 Å². The highest BCUT2D eigenvalue weighted by molar-refractivity contribution is 7.90. The molecule has 1 aliphatic heterocycles. The number of ether oxygens (including phenoxy) is 2. The number of rotatable bonds is 8. The quantitative estimate of drug-likeness (QED) is 0.271. The van der Waals surface area contributed by atoms with Crippen molar-refractivity contribution in [3.63, 3.8) is 0 Å². The van der Waals surface area contributed by atoms with Gasteiger partial charge < -0.3 is 14.3 Å². The highest BCUT2D eigenvalue weighted by Crippen LogP contribution is 2.38. The zero-order valence-corrected chi connectivity index (χ0v) is 18.7. The highest BCUT2D eigenvalue weighted by Gasteiger charge is 2.37. The number of hydrogen-bond acceptors (Lipinski definition) is 8. The molecule has 3 aromatic rings. The average molecular weight is 481 g/mol. The predicted molar refractivity (Wildman–Crippen MR) is 122 cm³/mol. The number of benzene rings is 3. The van der Waals surface area contributed by atoms with Crippen molar-refractivity contribution in [3.05, 3.63) is 106 Å². The lowest BCUT2D eigenvalue weighted by Gasteiger charge is -2.17. The third-order valence-corrected chi connectivity index (χ3v) is 6.19. The topological polar surface area (TPSA) is 122 Å². The maximum atomic E-state index is 12.9. The van der Waals surface area contributed by atoms with E-state index in [0.29, 0.717) is 33.6 Å². The summed E-state index contributed by atoms with van der Waals surface area (Å²) < 4.78 is 35.2. The molecule has 0 radical (unpaired) electrons. The minimum Gasteiger partial charge on any atom is -0.450 e. The van der Waals surface area contributed by atoms with Crippen LogP contribution in [0.15, 0.2) is 83.8 Å². The molecule has 9 nitrogen and oxygen atoms in total. The zero-order chi connectivity index (χ0) is 24.3. The molecule has 4 rings (SSSR count). The fourth-order valence-corrected chi connectivity index (χ4v) is 4.16. The molecule has 0 bridgehead atoms. The summed E-state index contributed by atoms with van der Waals surface area (Å²) in [7, 11) is -3.40. The average Bonchev–Trinajstić information content (AvgIpc) is 3.13. The number of sulfone groups is 1. The van der Waals surface area contributed by atoms with Crippen molar-refractivity contribution in [1.29, 1.82) is 0 Å². The lowest BCUT2D eigenvalue weighted by Crippen LogP contribution is -2.19. The molecule has 1 heterocycles. The largest absolute Gasteiger partial charge is 0.450 e. The Labute approximate surface area is 195 Å². The SMILES string of the molecule is CS(=O)(=O)c1ccc(C2=C(c3ccccc3)C(=O)OC2Oc2cccc(CO[N+](=O)[O-])c2)cc1. The van der Waals surface area contributed by atoms with Gasteiger partial charge in [0, 0.05) is 6.26 Å². The zero-order valence-electron chi connectivity index (χ0n) is 17.9. The molecule has 0 amide bonds. The van der Waals surface area contributed by atoms with E-state index in [2.05, 4.69) is 4.84 Å². The summed E-state index contributed by atoms with van der Waals surface area (Å²) in [6, 6.07) is 21.4. The second-order valence-electron chi connectivity index (χ2n) is 7.45. The third-order valence-electron chi connectivity index (χ3n) is 5.06. The Kier molecular flexibility index (Phi) is 6.33. The fraction of sp³-hybridized carbons (Fsp3) is 0.125. The van der Waals surface area contributed by atoms with Crippen molar-refractivity contribution >= 4 is 27.0 Å². The Balaban J connectivity index is 1.74. The second kappa shape index (κ2) is 9.36. The van der Waals surface area contributed by atoms with Crippen LogP contribution in [0.1, 0.15) is 16.7 Å². The number of hydrogen-bond donors (Lipinski definition) is 0. The van der Waals surface area contributed by atoms with Crippen molar-refractivity contribution in [2.24, 2.45) is 0 Å². The summed E-state index contributed by atoms with van der Waals surface area (Å²) in [4.78, 5) is 27.9. The van der Waals surface area contributed by atoms with E-state index >= 15 is 0 Å². The first-order valence-corrected chi connectivity index (χ1v) is 12.0. The first-order valence-electron chi connectivity index (χ1n) is 10.1. The molecule has 0 spiro atoms. The molecule has 10 heteroatoms. The Morgan fingerprint density at radius 1 is 0.971 bits per heavy atom. The number of nitrogens with zero attached hydrogens (tertiary/aromatic N) is 1. The summed E-state index contributed by atoms with van der Waals surface area (Å²) in [5.74, 6) is -0.284. The Bertz CT molecular complexity index is 1370. The summed E-state index contributed by atoms with van der Waals surface area (Å²) in [5, 5.41) is 9.59. The predicted octanol–water partition coefficient (Wildman–Crippen LogP) is 3.67. The Morgan fingerprint density at radius 2 is 1.68 bits per heavy atom. The molecule has 0 N–H and O–H groups in total. The van der Waals surface area contributed by atoms with Gasteiger partial charge in [0.05, 0.1) is 16.0 Å². The molecule has 1 unspecified atom stereocenters. The van der Waals surface area contributed by atoms with Gasteiger partial charge in [-0.1, -0.05) is 54.6 Å². The van der Waals surface area contributed by atoms with Crippen LogP contribution in [0.2, 0.25) is 0 Å². The lowest BCUT2D eigenvalue weighted by atomic mass is 9.96. The fourth-order valence-electron chi connectivity index (χ4n) is 3.53. The molecule has 0 fully saturated rings. The molecule has 0 saturated heterocycles. The normalized spacial score (nSPS) is 15.7. The van der Waals surface area contributed by atoms with Crippen LogP contribution in [-0.2, 0) is 30.8 Å². The van der Waals surface area contributed by atoms with Crippen LogP contribution >= 0.6 is 0 Å². The van der Waals surface area contributed by atoms with Crippen molar-refractivity contribution in [1.82, 2.24) is 0 Å². The summed E-state index contributed by atoms with van der Waals surface area (Å²) in [5.41, 5.74) is 2.39. The standard InChI is InChI=1S/C24H19NO8S/c1-34(29,30)20-12-10-18(11-13-20)22-21(17-7-3-2-4-8-17)23(26)33-24(22)32-19-9-5-6-16(14-19)15-31-25(27)28/h2-14,24H,15H2,1H3. The van der Waals surface area contributed by atoms with Gasteiger partial charge in [-0.25, -0.2) is 13.2 Å². The minimum atomic E-state index is -3.40. The number of carbonyl (C=O) groups excluding carboxylic acids is 1. The van der Waals surface area contributed by atoms with Gasteiger partial charge in [0.2, 0.25) is 0 Å². The van der Waals surface area contributed by atoms with E-state index in [1.165, 1.54) is 12.1 Å². The molecule has 174 valence electrons. The summed E-state index contributed by atoms with van der Waals surface area (Å²) in [6.45, 7) is -0.264. The van der Waals surface area contributed by atoms with E-state index in [0.717, 1.165) is 6.26 Å². The van der Waals surface area contributed by atoms with Crippen LogP contribution in [0.5, 0.6) is 5.75 Å². The van der Waals surface area contributed by atoms with Crippen LogP contribution < -0.4 is 4.74 Å². The molecular formula is C24H19NO8S. The van der Waals surface area contributed by atoms with Gasteiger partial charge in [-0.2, -0.15) is 0 Å². The van der Waals surface area contributed by atoms with Crippen LogP contribution in [0.3, 0.4) is 0 Å². The molecule has 0 aromatic heterocycles. The molecular weight excluding hydrogens is 462 g/mol. The second-order valence-corrected chi connectivity index (χ2v) is 9.47. The summed E-state index contributed by atoms with van der Waals surface area (Å²) >= 11 is 0. The minimum absolute atomic E-state index is 0.138. The third kappa shape index (κ3) is 5.07. The van der Waals surface area contributed by atoms with E-state index in [-0.39, 0.29) is 11.5 Å². The number of cyclic esters (lactones) is 1. The van der Waals surface area contributed by atoms with Gasteiger partial charge in [-0.15, -0.1) is 10.1 Å². The highest BCUT2D eigenvalue weighted by atomic mass is 32.2. The van der Waals surface area contributed by atoms with Crippen LogP contribution in [0, 0.1) is 10.1 Å². The van der Waals surface area contributed by atoms with Crippen molar-refractivity contribution in [2.75, 3.05) is 6.26 Å². The van der Waals surface area contributed by atoms with Gasteiger partial charge in [-0.05, 0) is 41.0 Å². The number of carbonyl (C=O) groups is 1. The molecule has 1 aliphatic rings. The molecule has 0 aliphatic carbocycles. The van der Waals surface area contributed by atoms with Crippen LogP contribution in [0.25, 0.3) is 11.1 Å². The lowest BCUT2D eigenvalue weighted by molar-refractivity contribution is -0.763. The van der Waals surface area contributed by atoms with Gasteiger partial charge in [0.1, 0.15) is 12.4 Å². The van der Waals surface area contributed by atoms with Gasteiger partial charge in [0.25, 0.3) is 11.4 Å². The first kappa shape index (κ1) is 23.0. The van der Waals surface area contributed by atoms with Gasteiger partial charge in [-0.3, -0.25) is 0 Å². The van der Waals surface area contributed by atoms with E-state index in [1.54, 1.807) is 60.7 Å². The van der Waals surface area contributed by atoms with Crippen LogP contribution in [0.4, 0.5) is 0 Å². The molecule has 34 heavy (non-hydrogen) atoms. The molecule has 1 atom stereocenters. The Morgan fingerprint density at radius 3 is 2.32 bits per heavy atom. The van der Waals surface area contributed by atoms with E-state index in [9.17, 15) is 23.3 Å².